The third kappa shape index (κ3) is 4.61. The summed E-state index contributed by atoms with van der Waals surface area (Å²) in [6.45, 7) is 8.42. The van der Waals surface area contributed by atoms with Crippen LogP contribution in [0.5, 0.6) is 5.75 Å². The number of ether oxygens (including phenoxy) is 1. The Morgan fingerprint density at radius 1 is 1.42 bits per heavy atom. The number of carboxylic acid groups (broad SMARTS) is 1. The third-order valence-electron chi connectivity index (χ3n) is 3.20. The molecule has 1 aromatic heterocycles. The van der Waals surface area contributed by atoms with Gasteiger partial charge in [-0.3, -0.25) is 9.36 Å². The molecule has 0 aliphatic heterocycles. The molecule has 0 amide bonds. The number of aryl methyl sites for hydroxylation is 2. The van der Waals surface area contributed by atoms with Crippen molar-refractivity contribution in [1.82, 2.24) is 14.8 Å². The van der Waals surface area contributed by atoms with Crippen LogP contribution in [0.2, 0.25) is 0 Å². The lowest BCUT2D eigenvalue weighted by atomic mass is 10.1. The molecule has 1 N–H and O–H groups in total. The van der Waals surface area contributed by atoms with Crippen LogP contribution < -0.4 is 4.74 Å². The summed E-state index contributed by atoms with van der Waals surface area (Å²) in [7, 11) is 0. The highest BCUT2D eigenvalue weighted by Gasteiger charge is 2.15. The van der Waals surface area contributed by atoms with E-state index in [1.807, 2.05) is 30.5 Å². The van der Waals surface area contributed by atoms with Crippen LogP contribution in [-0.4, -0.2) is 31.6 Å². The molecule has 0 spiro atoms. The number of carboxylic acids is 1. The average molecular weight is 412 g/mol. The Morgan fingerprint density at radius 3 is 2.67 bits per heavy atom. The van der Waals surface area contributed by atoms with Gasteiger partial charge in [-0.25, -0.2) is 0 Å². The summed E-state index contributed by atoms with van der Waals surface area (Å²) in [6, 6.07) is 3.98. The van der Waals surface area contributed by atoms with Gasteiger partial charge in [0, 0.05) is 11.0 Å². The van der Waals surface area contributed by atoms with Crippen molar-refractivity contribution in [1.29, 1.82) is 0 Å². The fourth-order valence-corrected chi connectivity index (χ4v) is 3.61. The van der Waals surface area contributed by atoms with Gasteiger partial charge >= 0.3 is 5.97 Å². The number of hydrogen-bond donors (Lipinski definition) is 1. The molecule has 0 aliphatic rings. The molecule has 2 aromatic rings. The molecule has 1 aromatic carbocycles. The molecule has 8 heteroatoms. The molecule has 24 heavy (non-hydrogen) atoms. The summed E-state index contributed by atoms with van der Waals surface area (Å²) in [6.07, 6.45) is 1.72. The Kier molecular flexibility index (Phi) is 6.44. The first-order valence-electron chi connectivity index (χ1n) is 7.19. The van der Waals surface area contributed by atoms with E-state index in [2.05, 4.69) is 32.7 Å². The maximum absolute atomic E-state index is 10.7. The van der Waals surface area contributed by atoms with Gasteiger partial charge < -0.3 is 9.84 Å². The Morgan fingerprint density at radius 2 is 2.08 bits per heavy atom. The van der Waals surface area contributed by atoms with Gasteiger partial charge in [0.05, 0.1) is 5.75 Å². The van der Waals surface area contributed by atoms with Crippen molar-refractivity contribution < 1.29 is 14.6 Å². The van der Waals surface area contributed by atoms with Crippen molar-refractivity contribution >= 4 is 33.7 Å². The number of thioether (sulfide) groups is 1. The summed E-state index contributed by atoms with van der Waals surface area (Å²) in [5, 5.41) is 17.5. The van der Waals surface area contributed by atoms with Gasteiger partial charge in [-0.15, -0.1) is 16.8 Å². The SMILES string of the molecule is C=CCn1c(COc2c(C)cc(Br)cc2C)nnc1SCC(=O)O. The van der Waals surface area contributed by atoms with E-state index in [1.165, 1.54) is 0 Å². The summed E-state index contributed by atoms with van der Waals surface area (Å²) in [5.41, 5.74) is 2.05. The molecule has 0 radical (unpaired) electrons. The number of halogens is 1. The van der Waals surface area contributed by atoms with Crippen molar-refractivity contribution in [2.75, 3.05) is 5.75 Å². The summed E-state index contributed by atoms with van der Waals surface area (Å²) in [4.78, 5) is 10.7. The third-order valence-corrected chi connectivity index (χ3v) is 4.61. The van der Waals surface area contributed by atoms with E-state index < -0.39 is 5.97 Å². The van der Waals surface area contributed by atoms with Gasteiger partial charge in [0.1, 0.15) is 12.4 Å². The van der Waals surface area contributed by atoms with E-state index in [4.69, 9.17) is 9.84 Å². The maximum Gasteiger partial charge on any atom is 0.313 e. The molecule has 128 valence electrons. The van der Waals surface area contributed by atoms with Crippen molar-refractivity contribution in [2.24, 2.45) is 0 Å². The highest BCUT2D eigenvalue weighted by atomic mass is 79.9. The number of nitrogens with zero attached hydrogens (tertiary/aromatic N) is 3. The second kappa shape index (κ2) is 8.34. The van der Waals surface area contributed by atoms with E-state index in [9.17, 15) is 4.79 Å². The van der Waals surface area contributed by atoms with Gasteiger partial charge in [0.25, 0.3) is 0 Å². The monoisotopic (exact) mass is 411 g/mol. The molecule has 0 aliphatic carbocycles. The number of allylic oxidation sites excluding steroid dienone is 1. The maximum atomic E-state index is 10.7. The number of aromatic nitrogens is 3. The second-order valence-electron chi connectivity index (χ2n) is 5.14. The molecule has 1 heterocycles. The predicted molar refractivity (Wildman–Crippen MR) is 96.5 cm³/mol. The molecule has 6 nitrogen and oxygen atoms in total. The normalized spacial score (nSPS) is 10.6. The van der Waals surface area contributed by atoms with Gasteiger partial charge in [-0.2, -0.15) is 0 Å². The highest BCUT2D eigenvalue weighted by molar-refractivity contribution is 9.10. The number of carbonyl (C=O) groups is 1. The molecule has 0 saturated heterocycles. The largest absolute Gasteiger partial charge is 0.485 e. The smallest absolute Gasteiger partial charge is 0.313 e. The lowest BCUT2D eigenvalue weighted by Gasteiger charge is -2.13. The fraction of sp³-hybridized carbons (Fsp3) is 0.312. The molecule has 2 rings (SSSR count). The number of benzene rings is 1. The first kappa shape index (κ1) is 18.5. The second-order valence-corrected chi connectivity index (χ2v) is 7.00. The molecular weight excluding hydrogens is 394 g/mol. The van der Waals surface area contributed by atoms with Crippen molar-refractivity contribution in [2.45, 2.75) is 32.2 Å². The van der Waals surface area contributed by atoms with Gasteiger partial charge in [0.2, 0.25) is 0 Å². The van der Waals surface area contributed by atoms with Crippen molar-refractivity contribution in [3.63, 3.8) is 0 Å². The number of rotatable bonds is 8. The van der Waals surface area contributed by atoms with Crippen molar-refractivity contribution in [3.05, 3.63) is 46.2 Å². The fourth-order valence-electron chi connectivity index (χ4n) is 2.23. The lowest BCUT2D eigenvalue weighted by Crippen LogP contribution is -2.09. The van der Waals surface area contributed by atoms with Gasteiger partial charge in [-0.1, -0.05) is 33.8 Å². The topological polar surface area (TPSA) is 77.2 Å². The minimum atomic E-state index is -0.896. The Bertz CT molecular complexity index is 738. The summed E-state index contributed by atoms with van der Waals surface area (Å²) < 4.78 is 8.75. The Hall–Kier alpha value is -1.80. The van der Waals surface area contributed by atoms with Gasteiger partial charge in [-0.05, 0) is 37.1 Å². The first-order valence-corrected chi connectivity index (χ1v) is 8.97. The van der Waals surface area contributed by atoms with Crippen LogP contribution in [0.15, 0.2) is 34.4 Å². The molecule has 0 saturated carbocycles. The highest BCUT2D eigenvalue weighted by Crippen LogP contribution is 2.28. The molecule has 0 unspecified atom stereocenters. The minimum Gasteiger partial charge on any atom is -0.485 e. The van der Waals surface area contributed by atoms with E-state index in [0.717, 1.165) is 33.1 Å². The van der Waals surface area contributed by atoms with Crippen LogP contribution in [0.1, 0.15) is 17.0 Å². The zero-order chi connectivity index (χ0) is 17.7. The number of hydrogen-bond acceptors (Lipinski definition) is 5. The van der Waals surface area contributed by atoms with Crippen LogP contribution >= 0.6 is 27.7 Å². The van der Waals surface area contributed by atoms with E-state index in [1.54, 1.807) is 6.08 Å². The van der Waals surface area contributed by atoms with Crippen molar-refractivity contribution in [3.8, 4) is 5.75 Å². The summed E-state index contributed by atoms with van der Waals surface area (Å²) >= 11 is 4.59. The van der Waals surface area contributed by atoms with Crippen LogP contribution in [0.4, 0.5) is 0 Å². The lowest BCUT2D eigenvalue weighted by molar-refractivity contribution is -0.133. The Labute approximate surface area is 153 Å². The molecular formula is C16H18BrN3O3S. The predicted octanol–water partition coefficient (Wildman–Crippen LogP) is 3.60. The van der Waals surface area contributed by atoms with E-state index in [0.29, 0.717) is 17.5 Å². The minimum absolute atomic E-state index is 0.0684. The quantitative estimate of drug-likeness (QED) is 0.528. The Balaban J connectivity index is 2.17. The van der Waals surface area contributed by atoms with E-state index in [-0.39, 0.29) is 12.4 Å². The zero-order valence-corrected chi connectivity index (χ0v) is 15.9. The zero-order valence-electron chi connectivity index (χ0n) is 13.5. The van der Waals surface area contributed by atoms with Crippen LogP contribution in [-0.2, 0) is 17.9 Å². The van der Waals surface area contributed by atoms with Crippen LogP contribution in [0.25, 0.3) is 0 Å². The van der Waals surface area contributed by atoms with Crippen LogP contribution in [0, 0.1) is 13.8 Å². The number of aliphatic carboxylic acids is 1. The summed E-state index contributed by atoms with van der Waals surface area (Å²) in [5.74, 6) is 0.476. The molecule has 0 bridgehead atoms. The van der Waals surface area contributed by atoms with E-state index >= 15 is 0 Å². The average Bonchev–Trinajstić information content (AvgIpc) is 2.87. The standard InChI is InChI=1S/C16H18BrN3O3S/c1-4-5-20-13(18-19-16(20)24-9-14(21)22)8-23-15-10(2)6-12(17)7-11(15)3/h4,6-7H,1,5,8-9H2,2-3H3,(H,21,22). The molecule has 0 fully saturated rings. The van der Waals surface area contributed by atoms with Crippen LogP contribution in [0.3, 0.4) is 0 Å². The van der Waals surface area contributed by atoms with Gasteiger partial charge in [0.15, 0.2) is 11.0 Å². The first-order chi connectivity index (χ1) is 11.4. The molecule has 0 atom stereocenters.